The van der Waals surface area contributed by atoms with Gasteiger partial charge in [-0.2, -0.15) is 4.98 Å². The van der Waals surface area contributed by atoms with Gasteiger partial charge in [-0.05, 0) is 37.6 Å². The highest BCUT2D eigenvalue weighted by Crippen LogP contribution is 2.30. The molecule has 1 aliphatic heterocycles. The molecule has 2 fully saturated rings. The van der Waals surface area contributed by atoms with Crippen LogP contribution in [0.15, 0.2) is 28.8 Å². The lowest BCUT2D eigenvalue weighted by molar-refractivity contribution is -0.117. The topological polar surface area (TPSA) is 83.3 Å². The first-order chi connectivity index (χ1) is 12.2. The smallest absolute Gasteiger partial charge is 0.231 e. The molecular formula is C18H24ClN5O2. The second-order valence-electron chi connectivity index (χ2n) is 6.88. The number of likely N-dealkylation sites (N-methyl/N-ethyl adjacent to an activating group) is 1. The Morgan fingerprint density at radius 3 is 2.81 bits per heavy atom. The molecule has 1 saturated heterocycles. The van der Waals surface area contributed by atoms with Crippen LogP contribution in [0.25, 0.3) is 0 Å². The summed E-state index contributed by atoms with van der Waals surface area (Å²) in [7, 11) is 2.08. The van der Waals surface area contributed by atoms with Gasteiger partial charge in [-0.3, -0.25) is 9.69 Å². The van der Waals surface area contributed by atoms with Gasteiger partial charge in [-0.25, -0.2) is 0 Å². The summed E-state index contributed by atoms with van der Waals surface area (Å²) in [6, 6.07) is 7.98. The number of carbonyl (C=O) groups excluding carboxylic acids is 1. The highest BCUT2D eigenvalue weighted by molar-refractivity contribution is 5.94. The minimum absolute atomic E-state index is 0. The van der Waals surface area contributed by atoms with Gasteiger partial charge in [-0.1, -0.05) is 17.3 Å². The van der Waals surface area contributed by atoms with Crippen LogP contribution in [0.5, 0.6) is 0 Å². The number of rotatable bonds is 5. The molecule has 2 N–H and O–H groups in total. The molecule has 1 amide bonds. The van der Waals surface area contributed by atoms with Crippen LogP contribution in [0.2, 0.25) is 0 Å². The Hall–Kier alpha value is -1.96. The predicted octanol–water partition coefficient (Wildman–Crippen LogP) is 2.01. The molecule has 140 valence electrons. The van der Waals surface area contributed by atoms with Crippen LogP contribution >= 0.6 is 12.4 Å². The summed E-state index contributed by atoms with van der Waals surface area (Å²) in [5.41, 5.74) is 1.91. The zero-order chi connectivity index (χ0) is 17.2. The number of halogens is 1. The van der Waals surface area contributed by atoms with E-state index >= 15 is 0 Å². The Morgan fingerprint density at radius 1 is 1.35 bits per heavy atom. The van der Waals surface area contributed by atoms with Gasteiger partial charge >= 0.3 is 0 Å². The second kappa shape index (κ2) is 8.16. The molecule has 2 aliphatic rings. The Balaban J connectivity index is 0.00000196. The molecule has 0 bridgehead atoms. The average Bonchev–Trinajstić information content (AvgIpc) is 3.37. The van der Waals surface area contributed by atoms with Crippen molar-refractivity contribution < 1.29 is 9.32 Å². The Labute approximate surface area is 158 Å². The maximum absolute atomic E-state index is 11.8. The highest BCUT2D eigenvalue weighted by atomic mass is 35.5. The van der Waals surface area contributed by atoms with E-state index in [1.807, 2.05) is 24.3 Å². The SMILES string of the molecule is CN1CCNCC1c1noc(Cc2ccc(NC(=O)C3CC3)cc2)n1.Cl. The van der Waals surface area contributed by atoms with Gasteiger partial charge in [-0.15, -0.1) is 12.4 Å². The first-order valence-corrected chi connectivity index (χ1v) is 8.82. The summed E-state index contributed by atoms with van der Waals surface area (Å²) >= 11 is 0. The van der Waals surface area contributed by atoms with Crippen LogP contribution in [0, 0.1) is 5.92 Å². The highest BCUT2D eigenvalue weighted by Gasteiger charge is 2.29. The monoisotopic (exact) mass is 377 g/mol. The van der Waals surface area contributed by atoms with Gasteiger partial charge in [0.2, 0.25) is 11.8 Å². The van der Waals surface area contributed by atoms with E-state index in [2.05, 4.69) is 32.7 Å². The van der Waals surface area contributed by atoms with Crippen LogP contribution in [0.4, 0.5) is 5.69 Å². The summed E-state index contributed by atoms with van der Waals surface area (Å²) in [5, 5.41) is 10.4. The number of amides is 1. The van der Waals surface area contributed by atoms with Gasteiger partial charge in [0.15, 0.2) is 5.82 Å². The summed E-state index contributed by atoms with van der Waals surface area (Å²) in [6.07, 6.45) is 2.61. The van der Waals surface area contributed by atoms with E-state index in [0.717, 1.165) is 49.6 Å². The molecule has 2 heterocycles. The van der Waals surface area contributed by atoms with Crippen molar-refractivity contribution in [3.8, 4) is 0 Å². The number of nitrogens with one attached hydrogen (secondary N) is 2. The van der Waals surface area contributed by atoms with E-state index in [-0.39, 0.29) is 30.3 Å². The number of benzene rings is 1. The van der Waals surface area contributed by atoms with E-state index in [4.69, 9.17) is 4.52 Å². The summed E-state index contributed by atoms with van der Waals surface area (Å²) < 4.78 is 5.42. The fraction of sp³-hybridized carbons (Fsp3) is 0.500. The minimum Gasteiger partial charge on any atom is -0.339 e. The van der Waals surface area contributed by atoms with E-state index < -0.39 is 0 Å². The lowest BCUT2D eigenvalue weighted by Gasteiger charge is -2.30. The predicted molar refractivity (Wildman–Crippen MR) is 100 cm³/mol. The van der Waals surface area contributed by atoms with Crippen LogP contribution in [-0.2, 0) is 11.2 Å². The van der Waals surface area contributed by atoms with Crippen LogP contribution in [0.3, 0.4) is 0 Å². The lowest BCUT2D eigenvalue weighted by atomic mass is 10.1. The number of hydrogen-bond donors (Lipinski definition) is 2. The number of aromatic nitrogens is 2. The summed E-state index contributed by atoms with van der Waals surface area (Å²) in [4.78, 5) is 18.6. The van der Waals surface area contributed by atoms with E-state index in [1.54, 1.807) is 0 Å². The molecule has 4 rings (SSSR count). The van der Waals surface area contributed by atoms with Crippen LogP contribution in [0.1, 0.15) is 36.2 Å². The molecule has 8 heteroatoms. The maximum Gasteiger partial charge on any atom is 0.231 e. The summed E-state index contributed by atoms with van der Waals surface area (Å²) in [6.45, 7) is 2.80. The number of piperazine rings is 1. The maximum atomic E-state index is 11.8. The van der Waals surface area contributed by atoms with Crippen LogP contribution in [-0.4, -0.2) is 47.6 Å². The van der Waals surface area contributed by atoms with Gasteiger partial charge < -0.3 is 15.2 Å². The lowest BCUT2D eigenvalue weighted by Crippen LogP contribution is -2.44. The number of nitrogens with zero attached hydrogens (tertiary/aromatic N) is 3. The molecule has 7 nitrogen and oxygen atoms in total. The molecule has 2 aromatic rings. The molecule has 0 radical (unpaired) electrons. The molecular weight excluding hydrogens is 354 g/mol. The van der Waals surface area contributed by atoms with E-state index in [1.165, 1.54) is 0 Å². The van der Waals surface area contributed by atoms with Crippen molar-refractivity contribution in [1.29, 1.82) is 0 Å². The molecule has 1 aliphatic carbocycles. The van der Waals surface area contributed by atoms with Crippen LogP contribution < -0.4 is 10.6 Å². The molecule has 0 spiro atoms. The third-order valence-electron chi connectivity index (χ3n) is 4.82. The molecule has 1 aromatic heterocycles. The van der Waals surface area contributed by atoms with E-state index in [0.29, 0.717) is 12.3 Å². The second-order valence-corrected chi connectivity index (χ2v) is 6.88. The zero-order valence-corrected chi connectivity index (χ0v) is 15.6. The Bertz CT molecular complexity index is 744. The van der Waals surface area contributed by atoms with Gasteiger partial charge in [0, 0.05) is 31.2 Å². The first kappa shape index (κ1) is 18.8. The first-order valence-electron chi connectivity index (χ1n) is 8.82. The number of hydrogen-bond acceptors (Lipinski definition) is 6. The van der Waals surface area contributed by atoms with Crippen molar-refractivity contribution in [3.63, 3.8) is 0 Å². The molecule has 1 saturated carbocycles. The zero-order valence-electron chi connectivity index (χ0n) is 14.8. The van der Waals surface area contributed by atoms with Gasteiger partial charge in [0.25, 0.3) is 0 Å². The molecule has 1 unspecified atom stereocenters. The Morgan fingerprint density at radius 2 is 2.12 bits per heavy atom. The molecule has 26 heavy (non-hydrogen) atoms. The average molecular weight is 378 g/mol. The van der Waals surface area contributed by atoms with Crippen molar-refractivity contribution in [3.05, 3.63) is 41.5 Å². The van der Waals surface area contributed by atoms with Crippen molar-refractivity contribution in [2.45, 2.75) is 25.3 Å². The van der Waals surface area contributed by atoms with Crippen molar-refractivity contribution in [2.24, 2.45) is 5.92 Å². The van der Waals surface area contributed by atoms with Crippen molar-refractivity contribution in [1.82, 2.24) is 20.4 Å². The summed E-state index contributed by atoms with van der Waals surface area (Å²) in [5.74, 6) is 1.69. The Kier molecular flexibility index (Phi) is 5.90. The minimum atomic E-state index is 0. The molecule has 1 aromatic carbocycles. The fourth-order valence-electron chi connectivity index (χ4n) is 3.04. The van der Waals surface area contributed by atoms with Gasteiger partial charge in [0.1, 0.15) is 0 Å². The quantitative estimate of drug-likeness (QED) is 0.829. The van der Waals surface area contributed by atoms with Crippen molar-refractivity contribution in [2.75, 3.05) is 32.0 Å². The third kappa shape index (κ3) is 4.41. The molecule has 1 atom stereocenters. The largest absolute Gasteiger partial charge is 0.339 e. The van der Waals surface area contributed by atoms with Crippen molar-refractivity contribution >= 4 is 24.0 Å². The number of carbonyl (C=O) groups is 1. The normalized spacial score (nSPS) is 20.4. The van der Waals surface area contributed by atoms with E-state index in [9.17, 15) is 4.79 Å². The third-order valence-corrected chi connectivity index (χ3v) is 4.82. The standard InChI is InChI=1S/C18H23N5O2.ClH/c1-23-9-8-19-11-15(23)17-21-16(25-22-17)10-12-2-6-14(7-3-12)20-18(24)13-4-5-13;/h2-3,6-7,13,15,19H,4-5,8-11H2,1H3,(H,20,24);1H. The fourth-order valence-corrected chi connectivity index (χ4v) is 3.04. The number of anilines is 1. The van der Waals surface area contributed by atoms with Gasteiger partial charge in [0.05, 0.1) is 12.5 Å².